The maximum Gasteiger partial charge on any atom is 0.192 e. The summed E-state index contributed by atoms with van der Waals surface area (Å²) in [4.78, 5) is 0. The Morgan fingerprint density at radius 3 is 2.50 bits per heavy atom. The second kappa shape index (κ2) is 5.72. The molecule has 1 rings (SSSR count). The van der Waals surface area contributed by atoms with E-state index in [4.69, 9.17) is 9.53 Å². The molecule has 0 spiro atoms. The Bertz CT molecular complexity index is 337. The maximum atomic E-state index is 8.95. The van der Waals surface area contributed by atoms with Crippen molar-refractivity contribution in [2.24, 2.45) is 0 Å². The van der Waals surface area contributed by atoms with Crippen LogP contribution in [0.2, 0.25) is 18.1 Å². The van der Waals surface area contributed by atoms with Crippen LogP contribution in [-0.4, -0.2) is 26.1 Å². The van der Waals surface area contributed by atoms with Gasteiger partial charge in [0.1, 0.15) is 0 Å². The van der Waals surface area contributed by atoms with Crippen molar-refractivity contribution in [1.29, 1.82) is 0 Å². The zero-order valence-corrected chi connectivity index (χ0v) is 13.5. The molecule has 0 aliphatic heterocycles. The molecule has 0 aromatic carbocycles. The molecule has 0 radical (unpaired) electrons. The Kier molecular flexibility index (Phi) is 4.98. The van der Waals surface area contributed by atoms with E-state index in [-0.39, 0.29) is 11.6 Å². The number of rotatable bonds is 3. The lowest BCUT2D eigenvalue weighted by molar-refractivity contribution is 0.164. The van der Waals surface area contributed by atoms with Crippen LogP contribution in [-0.2, 0) is 4.43 Å². The fourth-order valence-electron chi connectivity index (χ4n) is 2.05. The van der Waals surface area contributed by atoms with E-state index < -0.39 is 8.32 Å². The topological polar surface area (TPSA) is 29.5 Å². The summed E-state index contributed by atoms with van der Waals surface area (Å²) >= 11 is 0. The van der Waals surface area contributed by atoms with Gasteiger partial charge in [-0.25, -0.2) is 0 Å². The first-order chi connectivity index (χ1) is 8.17. The number of hydrogen-bond acceptors (Lipinski definition) is 2. The van der Waals surface area contributed by atoms with Gasteiger partial charge < -0.3 is 9.53 Å². The first-order valence-corrected chi connectivity index (χ1v) is 9.74. The number of allylic oxidation sites excluding steroid dienone is 1. The summed E-state index contributed by atoms with van der Waals surface area (Å²) in [5, 5.41) is 9.21. The van der Waals surface area contributed by atoms with Gasteiger partial charge in [0.25, 0.3) is 0 Å². The van der Waals surface area contributed by atoms with Gasteiger partial charge in [-0.3, -0.25) is 0 Å². The van der Waals surface area contributed by atoms with Crippen molar-refractivity contribution in [2.45, 2.75) is 64.3 Å². The van der Waals surface area contributed by atoms with Gasteiger partial charge in [-0.2, -0.15) is 0 Å². The van der Waals surface area contributed by atoms with E-state index in [1.807, 2.05) is 6.08 Å². The van der Waals surface area contributed by atoms with Crippen LogP contribution in [0.4, 0.5) is 0 Å². The Balaban J connectivity index is 2.63. The Morgan fingerprint density at radius 1 is 1.44 bits per heavy atom. The predicted molar refractivity (Wildman–Crippen MR) is 80.2 cm³/mol. The molecule has 0 amide bonds. The van der Waals surface area contributed by atoms with Crippen molar-refractivity contribution in [2.75, 3.05) is 6.61 Å². The summed E-state index contributed by atoms with van der Waals surface area (Å²) in [6, 6.07) is 0. The van der Waals surface area contributed by atoms with Crippen LogP contribution in [0.1, 0.15) is 40.0 Å². The molecule has 0 saturated heterocycles. The maximum absolute atomic E-state index is 8.95. The molecular weight excluding hydrogens is 240 g/mol. The normalized spacial score (nSPS) is 24.7. The molecule has 1 saturated carbocycles. The van der Waals surface area contributed by atoms with Crippen molar-refractivity contribution >= 4 is 8.32 Å². The highest BCUT2D eigenvalue weighted by molar-refractivity contribution is 6.74. The van der Waals surface area contributed by atoms with Crippen LogP contribution in [0.25, 0.3) is 0 Å². The molecule has 1 aliphatic rings. The average molecular weight is 268 g/mol. The molecule has 1 fully saturated rings. The summed E-state index contributed by atoms with van der Waals surface area (Å²) in [5.74, 6) is 0. The minimum Gasteiger partial charge on any atom is -0.414 e. The molecule has 0 unspecified atom stereocenters. The third-order valence-corrected chi connectivity index (χ3v) is 8.80. The summed E-state index contributed by atoms with van der Waals surface area (Å²) in [6.45, 7) is 15.6. The Labute approximate surface area is 113 Å². The molecule has 0 heterocycles. The smallest absolute Gasteiger partial charge is 0.192 e. The van der Waals surface area contributed by atoms with Gasteiger partial charge in [-0.15, -0.1) is 0 Å². The van der Waals surface area contributed by atoms with Gasteiger partial charge in [-0.1, -0.05) is 33.4 Å². The molecule has 1 aliphatic carbocycles. The third kappa shape index (κ3) is 3.80. The van der Waals surface area contributed by atoms with Crippen molar-refractivity contribution in [3.63, 3.8) is 0 Å². The van der Waals surface area contributed by atoms with E-state index >= 15 is 0 Å². The molecule has 2 nitrogen and oxygen atoms in total. The number of aliphatic hydroxyl groups excluding tert-OH is 1. The highest BCUT2D eigenvalue weighted by Crippen LogP contribution is 2.40. The van der Waals surface area contributed by atoms with E-state index in [0.29, 0.717) is 6.10 Å². The highest BCUT2D eigenvalue weighted by atomic mass is 28.4. The van der Waals surface area contributed by atoms with Gasteiger partial charge in [0.2, 0.25) is 0 Å². The van der Waals surface area contributed by atoms with E-state index in [1.54, 1.807) is 0 Å². The van der Waals surface area contributed by atoms with Crippen LogP contribution in [0.3, 0.4) is 0 Å². The standard InChI is InChI=1S/C15H28O2Si/c1-12-11-14(8-7-13(12)9-10-16)17-18(5,6)15(2,3)4/h9,14,16H,1,7-8,10-11H2,2-6H3/b13-9-/t14-/m0/s1. The number of aliphatic hydroxyl groups is 1. The molecule has 3 heteroatoms. The zero-order valence-electron chi connectivity index (χ0n) is 12.5. The lowest BCUT2D eigenvalue weighted by Crippen LogP contribution is -2.44. The molecule has 104 valence electrons. The number of hydrogen-bond donors (Lipinski definition) is 1. The predicted octanol–water partition coefficient (Wildman–Crippen LogP) is 4.04. The van der Waals surface area contributed by atoms with Gasteiger partial charge in [0.05, 0.1) is 6.61 Å². The van der Waals surface area contributed by atoms with Crippen molar-refractivity contribution < 1.29 is 9.53 Å². The average Bonchev–Trinajstić information content (AvgIpc) is 2.20. The van der Waals surface area contributed by atoms with Gasteiger partial charge in [0, 0.05) is 6.10 Å². The SMILES string of the molecule is C=C1C[C@@H](O[Si](C)(C)C(C)(C)C)CC/C1=C/CO. The van der Waals surface area contributed by atoms with Crippen molar-refractivity contribution in [1.82, 2.24) is 0 Å². The fraction of sp³-hybridized carbons (Fsp3) is 0.733. The lowest BCUT2D eigenvalue weighted by Gasteiger charge is -2.41. The molecule has 18 heavy (non-hydrogen) atoms. The van der Waals surface area contributed by atoms with E-state index in [9.17, 15) is 0 Å². The highest BCUT2D eigenvalue weighted by Gasteiger charge is 2.39. The van der Waals surface area contributed by atoms with E-state index in [2.05, 4.69) is 40.4 Å². The van der Waals surface area contributed by atoms with Crippen LogP contribution in [0.5, 0.6) is 0 Å². The van der Waals surface area contributed by atoms with E-state index in [1.165, 1.54) is 5.57 Å². The Hall–Kier alpha value is -0.383. The molecule has 1 N–H and O–H groups in total. The van der Waals surface area contributed by atoms with Gasteiger partial charge in [0.15, 0.2) is 8.32 Å². The summed E-state index contributed by atoms with van der Waals surface area (Å²) in [6.07, 6.45) is 5.15. The Morgan fingerprint density at radius 2 is 2.06 bits per heavy atom. The third-order valence-electron chi connectivity index (χ3n) is 4.27. The minimum absolute atomic E-state index is 0.113. The molecule has 1 atom stereocenters. The van der Waals surface area contributed by atoms with Crippen LogP contribution in [0, 0.1) is 0 Å². The molecule has 0 aromatic heterocycles. The summed E-state index contributed by atoms with van der Waals surface area (Å²) in [7, 11) is -1.67. The first kappa shape index (κ1) is 15.7. The van der Waals surface area contributed by atoms with Crippen LogP contribution >= 0.6 is 0 Å². The minimum atomic E-state index is -1.67. The lowest BCUT2D eigenvalue weighted by atomic mass is 9.88. The van der Waals surface area contributed by atoms with Crippen molar-refractivity contribution in [3.05, 3.63) is 23.8 Å². The van der Waals surface area contributed by atoms with Crippen LogP contribution < -0.4 is 0 Å². The monoisotopic (exact) mass is 268 g/mol. The van der Waals surface area contributed by atoms with Crippen LogP contribution in [0.15, 0.2) is 23.8 Å². The van der Waals surface area contributed by atoms with Gasteiger partial charge in [-0.05, 0) is 48.5 Å². The second-order valence-corrected chi connectivity index (χ2v) is 11.5. The summed E-state index contributed by atoms with van der Waals surface area (Å²) in [5.41, 5.74) is 2.35. The van der Waals surface area contributed by atoms with E-state index in [0.717, 1.165) is 24.8 Å². The molecular formula is C15H28O2Si. The van der Waals surface area contributed by atoms with Gasteiger partial charge >= 0.3 is 0 Å². The molecule has 0 bridgehead atoms. The summed E-state index contributed by atoms with van der Waals surface area (Å²) < 4.78 is 6.43. The molecule has 0 aromatic rings. The zero-order chi connectivity index (χ0) is 14.0. The second-order valence-electron chi connectivity index (χ2n) is 6.76. The van der Waals surface area contributed by atoms with Crippen molar-refractivity contribution in [3.8, 4) is 0 Å². The quantitative estimate of drug-likeness (QED) is 0.783. The first-order valence-electron chi connectivity index (χ1n) is 6.83. The largest absolute Gasteiger partial charge is 0.414 e. The fourth-order valence-corrected chi connectivity index (χ4v) is 3.44.